The zero-order chi connectivity index (χ0) is 14.4. The number of carbonyl (C=O) groups excluding carboxylic acids is 1. The summed E-state index contributed by atoms with van der Waals surface area (Å²) in [5, 5.41) is 15.5. The molecule has 0 radical (unpaired) electrons. The molecule has 0 aromatic carbocycles. The molecule has 1 atom stereocenters. The third-order valence-electron chi connectivity index (χ3n) is 3.39. The Bertz CT molecular complexity index is 424. The first-order valence-corrected chi connectivity index (χ1v) is 8.13. The predicted molar refractivity (Wildman–Crippen MR) is 80.2 cm³/mol. The van der Waals surface area contributed by atoms with Gasteiger partial charge in [0.2, 0.25) is 0 Å². The lowest BCUT2D eigenvalue weighted by molar-refractivity contribution is 0.220. The van der Waals surface area contributed by atoms with E-state index in [1.54, 1.807) is 6.92 Å². The summed E-state index contributed by atoms with van der Waals surface area (Å²) in [4.78, 5) is 17.6. The molecule has 2 amide bonds. The molecule has 20 heavy (non-hydrogen) atoms. The molecule has 1 unspecified atom stereocenters. The number of nitrogens with zero attached hydrogens (tertiary/aromatic N) is 1. The van der Waals surface area contributed by atoms with E-state index in [1.165, 1.54) is 34.8 Å². The van der Waals surface area contributed by atoms with Crippen LogP contribution in [0.4, 0.5) is 4.79 Å². The van der Waals surface area contributed by atoms with Crippen LogP contribution in [0.3, 0.4) is 0 Å². The van der Waals surface area contributed by atoms with E-state index >= 15 is 0 Å². The van der Waals surface area contributed by atoms with Crippen LogP contribution in [-0.4, -0.2) is 35.3 Å². The van der Waals surface area contributed by atoms with E-state index in [0.29, 0.717) is 6.54 Å². The number of aryl methyl sites for hydroxylation is 3. The standard InChI is InChI=1S/C14H23N3O2S/c1-10(9-18)16-14(19)15-8-4-7-13-17-11-5-2-3-6-12(11)20-13/h10,18H,2-9H2,1H3,(H2,15,16,19). The molecule has 0 fully saturated rings. The van der Waals surface area contributed by atoms with Crippen molar-refractivity contribution in [3.05, 3.63) is 15.6 Å². The van der Waals surface area contributed by atoms with Gasteiger partial charge in [-0.3, -0.25) is 0 Å². The average Bonchev–Trinajstić information content (AvgIpc) is 2.86. The van der Waals surface area contributed by atoms with Gasteiger partial charge in [0, 0.05) is 17.8 Å². The van der Waals surface area contributed by atoms with Gasteiger partial charge in [0.05, 0.1) is 23.4 Å². The second kappa shape index (κ2) is 7.59. The Balaban J connectivity index is 1.66. The van der Waals surface area contributed by atoms with Crippen LogP contribution in [0.15, 0.2) is 0 Å². The summed E-state index contributed by atoms with van der Waals surface area (Å²) >= 11 is 1.84. The number of carbonyl (C=O) groups is 1. The molecule has 6 heteroatoms. The summed E-state index contributed by atoms with van der Waals surface area (Å²) in [7, 11) is 0. The number of nitrogens with one attached hydrogen (secondary N) is 2. The average molecular weight is 297 g/mol. The molecule has 1 heterocycles. The molecule has 0 saturated heterocycles. The number of thiazole rings is 1. The van der Waals surface area contributed by atoms with Crippen molar-refractivity contribution in [1.29, 1.82) is 0 Å². The summed E-state index contributed by atoms with van der Waals surface area (Å²) in [5.74, 6) is 0. The Morgan fingerprint density at radius 2 is 2.25 bits per heavy atom. The third-order valence-corrected chi connectivity index (χ3v) is 4.61. The zero-order valence-corrected chi connectivity index (χ0v) is 12.8. The highest BCUT2D eigenvalue weighted by molar-refractivity contribution is 7.11. The van der Waals surface area contributed by atoms with E-state index in [4.69, 9.17) is 5.11 Å². The fraction of sp³-hybridized carbons (Fsp3) is 0.714. The molecule has 2 rings (SSSR count). The molecule has 1 aromatic rings. The van der Waals surface area contributed by atoms with Crippen LogP contribution >= 0.6 is 11.3 Å². The maximum atomic E-state index is 11.4. The fourth-order valence-corrected chi connectivity index (χ4v) is 3.47. The van der Waals surface area contributed by atoms with E-state index in [-0.39, 0.29) is 18.7 Å². The first-order chi connectivity index (χ1) is 9.69. The van der Waals surface area contributed by atoms with E-state index in [2.05, 4.69) is 15.6 Å². The summed E-state index contributed by atoms with van der Waals surface area (Å²) in [6.45, 7) is 2.35. The number of urea groups is 1. The Labute approximate surface area is 123 Å². The van der Waals surface area contributed by atoms with Crippen molar-refractivity contribution in [3.8, 4) is 0 Å². The summed E-state index contributed by atoms with van der Waals surface area (Å²) < 4.78 is 0. The van der Waals surface area contributed by atoms with E-state index < -0.39 is 0 Å². The Morgan fingerprint density at radius 3 is 3.00 bits per heavy atom. The Morgan fingerprint density at radius 1 is 1.45 bits per heavy atom. The topological polar surface area (TPSA) is 74.2 Å². The van der Waals surface area contributed by atoms with Crippen LogP contribution in [0.5, 0.6) is 0 Å². The smallest absolute Gasteiger partial charge is 0.315 e. The van der Waals surface area contributed by atoms with Crippen LogP contribution in [-0.2, 0) is 19.3 Å². The minimum atomic E-state index is -0.218. The zero-order valence-electron chi connectivity index (χ0n) is 11.9. The quantitative estimate of drug-likeness (QED) is 0.699. The van der Waals surface area contributed by atoms with Crippen molar-refractivity contribution in [2.75, 3.05) is 13.2 Å². The Hall–Kier alpha value is -1.14. The molecular weight excluding hydrogens is 274 g/mol. The fourth-order valence-electron chi connectivity index (χ4n) is 2.27. The summed E-state index contributed by atoms with van der Waals surface area (Å²) in [6, 6.07) is -0.425. The molecule has 0 spiro atoms. The van der Waals surface area contributed by atoms with Crippen LogP contribution in [0.2, 0.25) is 0 Å². The minimum Gasteiger partial charge on any atom is -0.394 e. The van der Waals surface area contributed by atoms with Gasteiger partial charge in [0.15, 0.2) is 0 Å². The van der Waals surface area contributed by atoms with Crippen molar-refractivity contribution < 1.29 is 9.90 Å². The van der Waals surface area contributed by atoms with Gasteiger partial charge in [-0.25, -0.2) is 9.78 Å². The van der Waals surface area contributed by atoms with Crippen molar-refractivity contribution >= 4 is 17.4 Å². The van der Waals surface area contributed by atoms with Crippen LogP contribution in [0.25, 0.3) is 0 Å². The van der Waals surface area contributed by atoms with Crippen molar-refractivity contribution in [3.63, 3.8) is 0 Å². The number of aliphatic hydroxyl groups is 1. The van der Waals surface area contributed by atoms with Crippen molar-refractivity contribution in [2.24, 2.45) is 0 Å². The number of hydrogen-bond donors (Lipinski definition) is 3. The lowest BCUT2D eigenvalue weighted by atomic mass is 10.0. The maximum absolute atomic E-state index is 11.4. The normalized spacial score (nSPS) is 15.5. The van der Waals surface area contributed by atoms with Gasteiger partial charge in [-0.05, 0) is 39.0 Å². The first-order valence-electron chi connectivity index (χ1n) is 7.31. The number of aromatic nitrogens is 1. The predicted octanol–water partition coefficient (Wildman–Crippen LogP) is 1.63. The van der Waals surface area contributed by atoms with Crippen LogP contribution in [0.1, 0.15) is 41.8 Å². The number of hydrogen-bond acceptors (Lipinski definition) is 4. The van der Waals surface area contributed by atoms with E-state index in [9.17, 15) is 4.79 Å². The maximum Gasteiger partial charge on any atom is 0.315 e. The highest BCUT2D eigenvalue weighted by Crippen LogP contribution is 2.27. The van der Waals surface area contributed by atoms with Gasteiger partial charge >= 0.3 is 6.03 Å². The first kappa shape index (κ1) is 15.3. The van der Waals surface area contributed by atoms with Crippen molar-refractivity contribution in [1.82, 2.24) is 15.6 Å². The SMILES string of the molecule is CC(CO)NC(=O)NCCCc1nc2c(s1)CCCC2. The molecule has 5 nitrogen and oxygen atoms in total. The van der Waals surface area contributed by atoms with E-state index in [0.717, 1.165) is 19.3 Å². The number of rotatable bonds is 6. The second-order valence-corrected chi connectivity index (χ2v) is 6.44. The second-order valence-electron chi connectivity index (χ2n) is 5.27. The summed E-state index contributed by atoms with van der Waals surface area (Å²) in [6.07, 6.45) is 6.69. The molecule has 1 aliphatic rings. The highest BCUT2D eigenvalue weighted by Gasteiger charge is 2.14. The molecule has 0 aliphatic heterocycles. The summed E-state index contributed by atoms with van der Waals surface area (Å²) in [5.41, 5.74) is 1.30. The largest absolute Gasteiger partial charge is 0.394 e. The lowest BCUT2D eigenvalue weighted by Crippen LogP contribution is -2.42. The van der Waals surface area contributed by atoms with Crippen LogP contribution < -0.4 is 10.6 Å². The Kier molecular flexibility index (Phi) is 5.79. The van der Waals surface area contributed by atoms with Gasteiger partial charge in [-0.2, -0.15) is 0 Å². The molecule has 1 aliphatic carbocycles. The van der Waals surface area contributed by atoms with Gasteiger partial charge < -0.3 is 15.7 Å². The highest BCUT2D eigenvalue weighted by atomic mass is 32.1. The molecular formula is C14H23N3O2S. The molecule has 112 valence electrons. The van der Waals surface area contributed by atoms with Crippen LogP contribution in [0, 0.1) is 0 Å². The van der Waals surface area contributed by atoms with Gasteiger partial charge in [0.1, 0.15) is 0 Å². The molecule has 1 aromatic heterocycles. The lowest BCUT2D eigenvalue weighted by Gasteiger charge is -2.11. The van der Waals surface area contributed by atoms with E-state index in [1.807, 2.05) is 11.3 Å². The molecule has 0 saturated carbocycles. The molecule has 0 bridgehead atoms. The minimum absolute atomic E-state index is 0.0436. The van der Waals surface area contributed by atoms with Gasteiger partial charge in [-0.15, -0.1) is 11.3 Å². The number of aliphatic hydroxyl groups excluding tert-OH is 1. The molecule has 3 N–H and O–H groups in total. The van der Waals surface area contributed by atoms with Gasteiger partial charge in [0.25, 0.3) is 0 Å². The number of amides is 2. The van der Waals surface area contributed by atoms with Crippen molar-refractivity contribution in [2.45, 2.75) is 51.5 Å². The third kappa shape index (κ3) is 4.45. The monoisotopic (exact) mass is 297 g/mol. The van der Waals surface area contributed by atoms with Gasteiger partial charge in [-0.1, -0.05) is 0 Å². The number of fused-ring (bicyclic) bond motifs is 1.